The lowest BCUT2D eigenvalue weighted by Gasteiger charge is -2.32. The molecular weight excluding hydrogens is 279 g/mol. The van der Waals surface area contributed by atoms with Crippen LogP contribution >= 0.6 is 0 Å². The molecule has 0 aliphatic heterocycles. The van der Waals surface area contributed by atoms with Crippen molar-refractivity contribution < 1.29 is 9.18 Å². The van der Waals surface area contributed by atoms with Crippen LogP contribution < -0.4 is 0 Å². The first kappa shape index (κ1) is 13.6. The third-order valence-electron chi connectivity index (χ3n) is 5.80. The molecule has 0 N–H and O–H groups in total. The summed E-state index contributed by atoms with van der Waals surface area (Å²) >= 11 is 0. The number of benzene rings is 1. The van der Waals surface area contributed by atoms with E-state index in [9.17, 15) is 9.18 Å². The van der Waals surface area contributed by atoms with Gasteiger partial charge in [0.05, 0.1) is 17.3 Å². The fourth-order valence-corrected chi connectivity index (χ4v) is 4.21. The summed E-state index contributed by atoms with van der Waals surface area (Å²) in [6, 6.07) is 8.38. The van der Waals surface area contributed by atoms with E-state index in [4.69, 9.17) is 0 Å². The zero-order chi connectivity index (χ0) is 15.7. The van der Waals surface area contributed by atoms with Gasteiger partial charge in [0.1, 0.15) is 11.6 Å². The smallest absolute Gasteiger partial charge is 0.141 e. The molecule has 1 fully saturated rings. The number of halogens is 1. The number of ketones is 1. The molecule has 2 bridgehead atoms. The van der Waals surface area contributed by atoms with E-state index in [0.717, 1.165) is 11.3 Å². The van der Waals surface area contributed by atoms with Crippen LogP contribution in [0, 0.1) is 11.2 Å². The highest BCUT2D eigenvalue weighted by Crippen LogP contribution is 2.65. The Morgan fingerprint density at radius 2 is 1.91 bits per heavy atom. The minimum absolute atomic E-state index is 0.159. The van der Waals surface area contributed by atoms with E-state index in [-0.39, 0.29) is 28.3 Å². The first-order chi connectivity index (χ1) is 10.4. The minimum atomic E-state index is -0.322. The van der Waals surface area contributed by atoms with Crippen LogP contribution in [0.15, 0.2) is 30.3 Å². The van der Waals surface area contributed by atoms with Gasteiger partial charge in [-0.25, -0.2) is 4.39 Å². The Kier molecular flexibility index (Phi) is 2.47. The molecule has 1 saturated carbocycles. The van der Waals surface area contributed by atoms with Crippen molar-refractivity contribution in [3.63, 3.8) is 0 Å². The maximum absolute atomic E-state index is 14.0. The van der Waals surface area contributed by atoms with Crippen molar-refractivity contribution in [3.8, 4) is 11.3 Å². The van der Waals surface area contributed by atoms with Crippen LogP contribution in [-0.4, -0.2) is 16.0 Å². The second-order valence-electron chi connectivity index (χ2n) is 7.14. The van der Waals surface area contributed by atoms with Crippen molar-refractivity contribution in [3.05, 3.63) is 47.4 Å². The second-order valence-corrected chi connectivity index (χ2v) is 7.14. The maximum atomic E-state index is 14.0. The molecule has 0 spiro atoms. The van der Waals surface area contributed by atoms with Crippen molar-refractivity contribution in [2.24, 2.45) is 5.41 Å². The Balaban J connectivity index is 1.93. The molecule has 4 rings (SSSR count). The number of carbonyl (C=O) groups excluding carboxylic acids is 1. The summed E-state index contributed by atoms with van der Waals surface area (Å²) in [6.45, 7) is 6.33. The number of carbonyl (C=O) groups is 1. The lowest BCUT2D eigenvalue weighted by Crippen LogP contribution is -2.32. The highest BCUT2D eigenvalue weighted by Gasteiger charge is 2.64. The van der Waals surface area contributed by atoms with E-state index in [1.807, 2.05) is 6.07 Å². The lowest BCUT2D eigenvalue weighted by atomic mass is 9.70. The van der Waals surface area contributed by atoms with Crippen LogP contribution in [0.4, 0.5) is 4.39 Å². The van der Waals surface area contributed by atoms with E-state index >= 15 is 0 Å². The van der Waals surface area contributed by atoms with Gasteiger partial charge in [-0.3, -0.25) is 4.79 Å². The first-order valence-corrected chi connectivity index (χ1v) is 7.52. The predicted octanol–water partition coefficient (Wildman–Crippen LogP) is 3.64. The third kappa shape index (κ3) is 1.42. The fourth-order valence-electron chi connectivity index (χ4n) is 4.21. The van der Waals surface area contributed by atoms with Gasteiger partial charge in [-0.2, -0.15) is 10.2 Å². The largest absolute Gasteiger partial charge is 0.299 e. The molecule has 3 nitrogen and oxygen atoms in total. The van der Waals surface area contributed by atoms with Gasteiger partial charge in [0.2, 0.25) is 0 Å². The van der Waals surface area contributed by atoms with Gasteiger partial charge >= 0.3 is 0 Å². The Hall–Kier alpha value is -2.10. The van der Waals surface area contributed by atoms with E-state index in [1.54, 1.807) is 18.2 Å². The fraction of sp³-hybridized carbons (Fsp3) is 0.389. The average molecular weight is 296 g/mol. The molecule has 2 aliphatic rings. The standard InChI is InChI=1S/C18H17FN2O/c1-17(2)15-11-8-13(10-6-4-5-7-12(10)19)20-21-16(11)18(17,3)9-14(15)22/h4-8,15H,9H2,1-3H3/t15-,18-/m1/s1. The molecule has 1 aromatic carbocycles. The zero-order valence-electron chi connectivity index (χ0n) is 12.9. The number of rotatable bonds is 1. The van der Waals surface area contributed by atoms with Gasteiger partial charge in [0, 0.05) is 17.4 Å². The molecule has 1 aromatic heterocycles. The number of aromatic nitrogens is 2. The van der Waals surface area contributed by atoms with Crippen molar-refractivity contribution >= 4 is 5.78 Å². The molecule has 2 aromatic rings. The van der Waals surface area contributed by atoms with Gasteiger partial charge in [0.25, 0.3) is 0 Å². The Morgan fingerprint density at radius 3 is 2.64 bits per heavy atom. The predicted molar refractivity (Wildman–Crippen MR) is 80.9 cm³/mol. The highest BCUT2D eigenvalue weighted by atomic mass is 19.1. The topological polar surface area (TPSA) is 42.9 Å². The van der Waals surface area contributed by atoms with E-state index in [1.165, 1.54) is 6.07 Å². The number of hydrogen-bond acceptors (Lipinski definition) is 3. The van der Waals surface area contributed by atoms with Crippen LogP contribution in [0.25, 0.3) is 11.3 Å². The molecule has 1 heterocycles. The highest BCUT2D eigenvalue weighted by molar-refractivity contribution is 5.94. The number of nitrogens with zero attached hydrogens (tertiary/aromatic N) is 2. The van der Waals surface area contributed by atoms with Crippen molar-refractivity contribution in [2.75, 3.05) is 0 Å². The third-order valence-corrected chi connectivity index (χ3v) is 5.80. The van der Waals surface area contributed by atoms with Gasteiger partial charge in [-0.05, 0) is 29.2 Å². The number of Topliss-reactive ketones (excluding diaryl/α,β-unsaturated/α-hetero) is 1. The first-order valence-electron chi connectivity index (χ1n) is 7.52. The van der Waals surface area contributed by atoms with Crippen molar-refractivity contribution in [1.82, 2.24) is 10.2 Å². The van der Waals surface area contributed by atoms with Gasteiger partial charge in [-0.1, -0.05) is 32.9 Å². The molecule has 4 heteroatoms. The summed E-state index contributed by atoms with van der Waals surface area (Å²) in [5.41, 5.74) is 2.31. The van der Waals surface area contributed by atoms with Crippen molar-refractivity contribution in [2.45, 2.75) is 38.5 Å². The maximum Gasteiger partial charge on any atom is 0.141 e. The summed E-state index contributed by atoms with van der Waals surface area (Å²) in [5, 5.41) is 8.63. The van der Waals surface area contributed by atoms with Crippen LogP contribution in [0.5, 0.6) is 0 Å². The van der Waals surface area contributed by atoms with Gasteiger partial charge in [-0.15, -0.1) is 0 Å². The molecule has 2 atom stereocenters. The summed E-state index contributed by atoms with van der Waals surface area (Å²) in [4.78, 5) is 12.4. The number of hydrogen-bond donors (Lipinski definition) is 0. The zero-order valence-corrected chi connectivity index (χ0v) is 12.9. The quantitative estimate of drug-likeness (QED) is 0.807. The van der Waals surface area contributed by atoms with Crippen LogP contribution in [0.3, 0.4) is 0 Å². The molecule has 2 aliphatic carbocycles. The molecule has 0 radical (unpaired) electrons. The van der Waals surface area contributed by atoms with Gasteiger partial charge < -0.3 is 0 Å². The number of fused-ring (bicyclic) bond motifs is 5. The van der Waals surface area contributed by atoms with Crippen molar-refractivity contribution in [1.29, 1.82) is 0 Å². The Labute approximate surface area is 128 Å². The SMILES string of the molecule is CC1(C)[C@H]2C(=O)C[C@]1(C)c1nnc(-c3ccccc3F)cc12. The lowest BCUT2D eigenvalue weighted by molar-refractivity contribution is -0.119. The summed E-state index contributed by atoms with van der Waals surface area (Å²) < 4.78 is 14.0. The van der Waals surface area contributed by atoms with Crippen LogP contribution in [-0.2, 0) is 10.2 Å². The summed E-state index contributed by atoms with van der Waals surface area (Å²) in [6.07, 6.45) is 0.519. The van der Waals surface area contributed by atoms with Crippen LogP contribution in [0.1, 0.15) is 44.4 Å². The minimum Gasteiger partial charge on any atom is -0.299 e. The molecule has 22 heavy (non-hydrogen) atoms. The van der Waals surface area contributed by atoms with E-state index in [0.29, 0.717) is 17.7 Å². The monoisotopic (exact) mass is 296 g/mol. The van der Waals surface area contributed by atoms with E-state index in [2.05, 4.69) is 31.0 Å². The molecule has 0 amide bonds. The van der Waals surface area contributed by atoms with E-state index < -0.39 is 0 Å². The molecule has 0 unspecified atom stereocenters. The molecule has 112 valence electrons. The average Bonchev–Trinajstić information content (AvgIpc) is 2.74. The summed E-state index contributed by atoms with van der Waals surface area (Å²) in [5.74, 6) is -0.224. The molecular formula is C18H17FN2O. The Morgan fingerprint density at radius 1 is 1.18 bits per heavy atom. The normalized spacial score (nSPS) is 28.0. The Bertz CT molecular complexity index is 814. The summed E-state index contributed by atoms with van der Waals surface area (Å²) in [7, 11) is 0. The van der Waals surface area contributed by atoms with Gasteiger partial charge in [0.15, 0.2) is 0 Å². The molecule has 0 saturated heterocycles. The van der Waals surface area contributed by atoms with Crippen LogP contribution in [0.2, 0.25) is 0 Å². The second kappa shape index (κ2) is 4.00.